The van der Waals surface area contributed by atoms with E-state index in [1.807, 2.05) is 30.3 Å². The van der Waals surface area contributed by atoms with Crippen molar-refractivity contribution in [3.8, 4) is 5.75 Å². The van der Waals surface area contributed by atoms with Crippen LogP contribution in [0.4, 0.5) is 0 Å². The summed E-state index contributed by atoms with van der Waals surface area (Å²) in [7, 11) is 0. The molecule has 1 N–H and O–H groups in total. The van der Waals surface area contributed by atoms with Crippen molar-refractivity contribution in [2.24, 2.45) is 0 Å². The Balaban J connectivity index is 2.10. The normalized spacial score (nSPS) is 11.9. The Morgan fingerprint density at radius 2 is 1.95 bits per heavy atom. The first-order valence-corrected chi connectivity index (χ1v) is 6.74. The van der Waals surface area contributed by atoms with Gasteiger partial charge in [0.2, 0.25) is 0 Å². The van der Waals surface area contributed by atoms with Crippen molar-refractivity contribution in [2.75, 3.05) is 13.2 Å². The molecule has 1 aromatic carbocycles. The highest BCUT2D eigenvalue weighted by molar-refractivity contribution is 5.69. The first kappa shape index (κ1) is 15.5. The van der Waals surface area contributed by atoms with Crippen molar-refractivity contribution in [1.82, 2.24) is 0 Å². The van der Waals surface area contributed by atoms with Crippen molar-refractivity contribution in [1.29, 1.82) is 0 Å². The third-order valence-electron chi connectivity index (χ3n) is 2.61. The number of hydrogen-bond donors (Lipinski definition) is 1. The van der Waals surface area contributed by atoms with Gasteiger partial charge in [0.05, 0.1) is 0 Å². The number of rotatable bonds is 9. The highest BCUT2D eigenvalue weighted by Gasteiger charge is 2.09. The molecule has 0 saturated carbocycles. The van der Waals surface area contributed by atoms with Crippen LogP contribution in [0, 0.1) is 0 Å². The Morgan fingerprint density at radius 3 is 2.63 bits per heavy atom. The summed E-state index contributed by atoms with van der Waals surface area (Å²) < 4.78 is 10.3. The third-order valence-corrected chi connectivity index (χ3v) is 2.61. The molecular weight excluding hydrogens is 244 g/mol. The van der Waals surface area contributed by atoms with E-state index >= 15 is 0 Å². The summed E-state index contributed by atoms with van der Waals surface area (Å²) in [6.07, 6.45) is 2.55. The second-order valence-electron chi connectivity index (χ2n) is 4.42. The van der Waals surface area contributed by atoms with Crippen LogP contribution in [0.1, 0.15) is 32.6 Å². The topological polar surface area (TPSA) is 55.8 Å². The second kappa shape index (κ2) is 9.39. The van der Waals surface area contributed by atoms with E-state index in [9.17, 15) is 9.90 Å². The van der Waals surface area contributed by atoms with Crippen molar-refractivity contribution >= 4 is 5.97 Å². The van der Waals surface area contributed by atoms with Gasteiger partial charge in [-0.2, -0.15) is 0 Å². The van der Waals surface area contributed by atoms with Gasteiger partial charge in [-0.05, 0) is 18.6 Å². The standard InChI is InChI=1S/C15H22O4/c1-2-3-5-10-15(17)19-12-13(16)11-18-14-8-6-4-7-9-14/h4,6-9,13,16H,2-3,5,10-12H2,1H3. The zero-order chi connectivity index (χ0) is 13.9. The minimum atomic E-state index is -0.796. The summed E-state index contributed by atoms with van der Waals surface area (Å²) >= 11 is 0. The Labute approximate surface area is 114 Å². The van der Waals surface area contributed by atoms with Crippen LogP contribution >= 0.6 is 0 Å². The molecule has 0 aliphatic carbocycles. The minimum absolute atomic E-state index is 0.0161. The van der Waals surface area contributed by atoms with Gasteiger partial charge in [-0.3, -0.25) is 4.79 Å². The lowest BCUT2D eigenvalue weighted by molar-refractivity contribution is -0.147. The number of carbonyl (C=O) groups excluding carboxylic acids is 1. The van der Waals surface area contributed by atoms with Gasteiger partial charge in [0, 0.05) is 6.42 Å². The number of aliphatic hydroxyl groups is 1. The lowest BCUT2D eigenvalue weighted by Gasteiger charge is -2.12. The number of carbonyl (C=O) groups is 1. The van der Waals surface area contributed by atoms with E-state index < -0.39 is 6.10 Å². The maximum atomic E-state index is 11.3. The molecule has 19 heavy (non-hydrogen) atoms. The molecule has 0 saturated heterocycles. The van der Waals surface area contributed by atoms with Gasteiger partial charge in [-0.15, -0.1) is 0 Å². The predicted molar refractivity (Wildman–Crippen MR) is 73.0 cm³/mol. The minimum Gasteiger partial charge on any atom is -0.491 e. The second-order valence-corrected chi connectivity index (χ2v) is 4.42. The number of aliphatic hydroxyl groups excluding tert-OH is 1. The number of unbranched alkanes of at least 4 members (excludes halogenated alkanes) is 2. The van der Waals surface area contributed by atoms with Gasteiger partial charge in [0.15, 0.2) is 0 Å². The molecule has 0 heterocycles. The SMILES string of the molecule is CCCCCC(=O)OCC(O)COc1ccccc1. The van der Waals surface area contributed by atoms with Gasteiger partial charge in [0.25, 0.3) is 0 Å². The monoisotopic (exact) mass is 266 g/mol. The summed E-state index contributed by atoms with van der Waals surface area (Å²) in [5.41, 5.74) is 0. The Morgan fingerprint density at radius 1 is 1.21 bits per heavy atom. The van der Waals surface area contributed by atoms with Crippen LogP contribution in [0.2, 0.25) is 0 Å². The van der Waals surface area contributed by atoms with Crippen LogP contribution in [-0.2, 0) is 9.53 Å². The lowest BCUT2D eigenvalue weighted by atomic mass is 10.2. The maximum Gasteiger partial charge on any atom is 0.305 e. The Hall–Kier alpha value is -1.55. The van der Waals surface area contributed by atoms with Crippen LogP contribution in [0.3, 0.4) is 0 Å². The lowest BCUT2D eigenvalue weighted by Crippen LogP contribution is -2.25. The molecule has 1 unspecified atom stereocenters. The molecular formula is C15H22O4. The first-order chi connectivity index (χ1) is 9.22. The first-order valence-electron chi connectivity index (χ1n) is 6.74. The quantitative estimate of drug-likeness (QED) is 0.551. The summed E-state index contributed by atoms with van der Waals surface area (Å²) in [6, 6.07) is 9.22. The van der Waals surface area contributed by atoms with Gasteiger partial charge in [0.1, 0.15) is 25.1 Å². The molecule has 1 atom stereocenters. The van der Waals surface area contributed by atoms with Gasteiger partial charge in [-0.25, -0.2) is 0 Å². The van der Waals surface area contributed by atoms with E-state index in [2.05, 4.69) is 6.92 Å². The van der Waals surface area contributed by atoms with Gasteiger partial charge < -0.3 is 14.6 Å². The molecule has 0 fully saturated rings. The average Bonchev–Trinajstić information content (AvgIpc) is 2.44. The van der Waals surface area contributed by atoms with Crippen molar-refractivity contribution in [3.05, 3.63) is 30.3 Å². The Bertz CT molecular complexity index is 350. The van der Waals surface area contributed by atoms with Crippen LogP contribution < -0.4 is 4.74 Å². The summed E-state index contributed by atoms with van der Waals surface area (Å²) in [6.45, 7) is 2.18. The van der Waals surface area contributed by atoms with E-state index in [0.717, 1.165) is 19.3 Å². The van der Waals surface area contributed by atoms with E-state index in [-0.39, 0.29) is 19.2 Å². The van der Waals surface area contributed by atoms with Crippen LogP contribution in [0.15, 0.2) is 30.3 Å². The van der Waals surface area contributed by atoms with Gasteiger partial charge in [-0.1, -0.05) is 38.0 Å². The molecule has 0 aliphatic heterocycles. The Kier molecular flexibility index (Phi) is 7.66. The van der Waals surface area contributed by atoms with Gasteiger partial charge >= 0.3 is 5.97 Å². The highest BCUT2D eigenvalue weighted by atomic mass is 16.5. The van der Waals surface area contributed by atoms with Crippen LogP contribution in [0.5, 0.6) is 5.75 Å². The summed E-state index contributed by atoms with van der Waals surface area (Å²) in [4.78, 5) is 11.3. The highest BCUT2D eigenvalue weighted by Crippen LogP contribution is 2.08. The molecule has 106 valence electrons. The molecule has 0 aliphatic rings. The largest absolute Gasteiger partial charge is 0.491 e. The van der Waals surface area contributed by atoms with Crippen LogP contribution in [0.25, 0.3) is 0 Å². The number of para-hydroxylation sites is 1. The number of esters is 1. The summed E-state index contributed by atoms with van der Waals surface area (Å²) in [5, 5.41) is 9.63. The van der Waals surface area contributed by atoms with Crippen molar-refractivity contribution in [2.45, 2.75) is 38.7 Å². The maximum absolute atomic E-state index is 11.3. The number of ether oxygens (including phenoxy) is 2. The summed E-state index contributed by atoms with van der Waals surface area (Å²) in [5.74, 6) is 0.433. The molecule has 1 rings (SSSR count). The fourth-order valence-electron chi connectivity index (χ4n) is 1.54. The van der Waals surface area contributed by atoms with E-state index in [0.29, 0.717) is 12.2 Å². The fraction of sp³-hybridized carbons (Fsp3) is 0.533. The fourth-order valence-corrected chi connectivity index (χ4v) is 1.54. The molecule has 4 nitrogen and oxygen atoms in total. The van der Waals surface area contributed by atoms with Crippen molar-refractivity contribution < 1.29 is 19.4 Å². The van der Waals surface area contributed by atoms with E-state index in [4.69, 9.17) is 9.47 Å². The zero-order valence-corrected chi connectivity index (χ0v) is 11.4. The molecule has 0 aromatic heterocycles. The molecule has 0 bridgehead atoms. The number of hydrogen-bond acceptors (Lipinski definition) is 4. The van der Waals surface area contributed by atoms with E-state index in [1.165, 1.54) is 0 Å². The number of benzene rings is 1. The molecule has 0 radical (unpaired) electrons. The molecule has 0 amide bonds. The molecule has 1 aromatic rings. The predicted octanol–water partition coefficient (Wildman–Crippen LogP) is 2.55. The zero-order valence-electron chi connectivity index (χ0n) is 11.4. The molecule has 0 spiro atoms. The van der Waals surface area contributed by atoms with E-state index in [1.54, 1.807) is 0 Å². The average molecular weight is 266 g/mol. The van der Waals surface area contributed by atoms with Crippen LogP contribution in [-0.4, -0.2) is 30.4 Å². The van der Waals surface area contributed by atoms with Crippen molar-refractivity contribution in [3.63, 3.8) is 0 Å². The smallest absolute Gasteiger partial charge is 0.305 e. The third kappa shape index (κ3) is 7.47. The molecule has 4 heteroatoms.